The number of unbranched alkanes of at least 4 members (excludes halogenated alkanes) is 1. The number of carboxylic acids is 2. The van der Waals surface area contributed by atoms with Crippen LogP contribution in [0.15, 0.2) is 0 Å². The van der Waals surface area contributed by atoms with Gasteiger partial charge in [0.05, 0.1) is 19.1 Å². The fourth-order valence-corrected chi connectivity index (χ4v) is 2.18. The highest BCUT2D eigenvalue weighted by Gasteiger charge is 2.28. The van der Waals surface area contributed by atoms with Crippen LogP contribution < -0.4 is 27.4 Å². The fraction of sp³-hybridized carbons (Fsp3) is 0.688. The van der Waals surface area contributed by atoms with Crippen LogP contribution in [0.3, 0.4) is 0 Å². The van der Waals surface area contributed by atoms with Gasteiger partial charge in [0, 0.05) is 0 Å². The molecule has 10 N–H and O–H groups in total. The Morgan fingerprint density at radius 1 is 0.897 bits per heavy atom. The average molecular weight is 419 g/mol. The van der Waals surface area contributed by atoms with E-state index in [1.807, 2.05) is 0 Å². The van der Waals surface area contributed by atoms with Gasteiger partial charge in [0.25, 0.3) is 0 Å². The largest absolute Gasteiger partial charge is 0.481 e. The van der Waals surface area contributed by atoms with Gasteiger partial charge in [-0.15, -0.1) is 0 Å². The molecule has 3 amide bonds. The van der Waals surface area contributed by atoms with Gasteiger partial charge in [0.15, 0.2) is 0 Å². The number of aliphatic hydroxyl groups excluding tert-OH is 1. The normalized spacial score (nSPS) is 14.8. The van der Waals surface area contributed by atoms with Crippen molar-refractivity contribution in [2.45, 2.75) is 56.8 Å². The lowest BCUT2D eigenvalue weighted by Crippen LogP contribution is -2.56. The van der Waals surface area contributed by atoms with E-state index in [1.165, 1.54) is 6.92 Å². The monoisotopic (exact) mass is 419 g/mol. The molecular formula is C16H29N5O8. The molecule has 13 heteroatoms. The first-order valence-corrected chi connectivity index (χ1v) is 8.95. The molecule has 0 aromatic carbocycles. The van der Waals surface area contributed by atoms with Crippen LogP contribution in [0.4, 0.5) is 0 Å². The molecule has 0 aliphatic rings. The van der Waals surface area contributed by atoms with E-state index < -0.39 is 66.9 Å². The lowest BCUT2D eigenvalue weighted by molar-refractivity contribution is -0.143. The van der Waals surface area contributed by atoms with Gasteiger partial charge in [0.1, 0.15) is 18.1 Å². The van der Waals surface area contributed by atoms with E-state index in [9.17, 15) is 24.0 Å². The second-order valence-corrected chi connectivity index (χ2v) is 6.36. The summed E-state index contributed by atoms with van der Waals surface area (Å²) in [6.45, 7) is 0.826. The van der Waals surface area contributed by atoms with Crippen molar-refractivity contribution < 1.29 is 39.3 Å². The van der Waals surface area contributed by atoms with Gasteiger partial charge in [-0.05, 0) is 32.7 Å². The molecule has 0 aliphatic carbocycles. The molecule has 29 heavy (non-hydrogen) atoms. The number of hydrogen-bond donors (Lipinski definition) is 8. The van der Waals surface area contributed by atoms with Gasteiger partial charge in [-0.1, -0.05) is 0 Å². The molecular weight excluding hydrogens is 390 g/mol. The zero-order chi connectivity index (χ0) is 22.6. The van der Waals surface area contributed by atoms with Gasteiger partial charge in [-0.3, -0.25) is 19.2 Å². The minimum absolute atomic E-state index is 0.145. The van der Waals surface area contributed by atoms with E-state index in [4.69, 9.17) is 26.8 Å². The Morgan fingerprint density at radius 3 is 1.97 bits per heavy atom. The Morgan fingerprint density at radius 2 is 1.48 bits per heavy atom. The highest BCUT2D eigenvalue weighted by molar-refractivity contribution is 5.94. The van der Waals surface area contributed by atoms with Crippen molar-refractivity contribution in [2.75, 3.05) is 13.2 Å². The summed E-state index contributed by atoms with van der Waals surface area (Å²) in [6, 6.07) is -5.16. The fourth-order valence-electron chi connectivity index (χ4n) is 2.18. The molecule has 4 atom stereocenters. The molecule has 0 radical (unpaired) electrons. The summed E-state index contributed by atoms with van der Waals surface area (Å²) in [5, 5.41) is 33.3. The molecule has 4 unspecified atom stereocenters. The Labute approximate surface area is 167 Å². The Bertz CT molecular complexity index is 600. The molecule has 0 aromatic heterocycles. The van der Waals surface area contributed by atoms with Crippen molar-refractivity contribution in [1.29, 1.82) is 0 Å². The minimum Gasteiger partial charge on any atom is -0.481 e. The zero-order valence-electron chi connectivity index (χ0n) is 16.1. The van der Waals surface area contributed by atoms with Crippen molar-refractivity contribution in [3.63, 3.8) is 0 Å². The van der Waals surface area contributed by atoms with E-state index in [-0.39, 0.29) is 6.42 Å². The highest BCUT2D eigenvalue weighted by atomic mass is 16.4. The third-order valence-corrected chi connectivity index (χ3v) is 3.86. The quantitative estimate of drug-likeness (QED) is 0.129. The maximum absolute atomic E-state index is 12.3. The Balaban J connectivity index is 5.00. The Hall–Kier alpha value is -2.77. The van der Waals surface area contributed by atoms with Gasteiger partial charge < -0.3 is 42.7 Å². The zero-order valence-corrected chi connectivity index (χ0v) is 16.1. The van der Waals surface area contributed by atoms with Crippen LogP contribution in [0.25, 0.3) is 0 Å². The molecule has 0 fully saturated rings. The molecule has 0 aliphatic heterocycles. The summed E-state index contributed by atoms with van der Waals surface area (Å²) in [4.78, 5) is 58.0. The standard InChI is InChI=1S/C16H29N5O8/c1-8(19-14(26)9(18)6-12(23)24)13(25)20-10(4-2-3-5-17)15(27)21-11(7-22)16(28)29/h8-11,22H,2-7,17-18H2,1H3,(H,19,26)(H,20,25)(H,21,27)(H,23,24)(H,28,29). The number of rotatable bonds is 14. The number of nitrogens with one attached hydrogen (secondary N) is 3. The van der Waals surface area contributed by atoms with Crippen molar-refractivity contribution in [2.24, 2.45) is 11.5 Å². The summed E-state index contributed by atoms with van der Waals surface area (Å²) in [7, 11) is 0. The topological polar surface area (TPSA) is 234 Å². The number of carbonyl (C=O) groups excluding carboxylic acids is 3. The number of carboxylic acid groups (broad SMARTS) is 2. The van der Waals surface area contributed by atoms with Crippen LogP contribution >= 0.6 is 0 Å². The number of aliphatic hydroxyl groups is 1. The van der Waals surface area contributed by atoms with Crippen LogP contribution in [-0.4, -0.2) is 82.3 Å². The van der Waals surface area contributed by atoms with Gasteiger partial charge >= 0.3 is 11.9 Å². The summed E-state index contributed by atoms with van der Waals surface area (Å²) in [6.07, 6.45) is 0.530. The number of amides is 3. The SMILES string of the molecule is CC(NC(=O)C(N)CC(=O)O)C(=O)NC(CCCCN)C(=O)NC(CO)C(=O)O. The van der Waals surface area contributed by atoms with Crippen LogP contribution in [0.1, 0.15) is 32.6 Å². The summed E-state index contributed by atoms with van der Waals surface area (Å²) < 4.78 is 0. The number of hydrogen-bond acceptors (Lipinski definition) is 8. The van der Waals surface area contributed by atoms with Crippen molar-refractivity contribution >= 4 is 29.7 Å². The lowest BCUT2D eigenvalue weighted by atomic mass is 10.1. The van der Waals surface area contributed by atoms with Crippen LogP contribution in [0.5, 0.6) is 0 Å². The predicted octanol–water partition coefficient (Wildman–Crippen LogP) is -3.53. The van der Waals surface area contributed by atoms with E-state index in [0.717, 1.165) is 0 Å². The van der Waals surface area contributed by atoms with E-state index in [2.05, 4.69) is 16.0 Å². The number of carbonyl (C=O) groups is 5. The van der Waals surface area contributed by atoms with Crippen molar-refractivity contribution in [3.05, 3.63) is 0 Å². The second-order valence-electron chi connectivity index (χ2n) is 6.36. The third-order valence-electron chi connectivity index (χ3n) is 3.86. The first-order valence-electron chi connectivity index (χ1n) is 8.95. The number of nitrogens with two attached hydrogens (primary N) is 2. The second kappa shape index (κ2) is 13.4. The molecule has 0 spiro atoms. The first kappa shape index (κ1) is 26.2. The highest BCUT2D eigenvalue weighted by Crippen LogP contribution is 2.03. The molecule has 166 valence electrons. The van der Waals surface area contributed by atoms with Gasteiger partial charge in [-0.2, -0.15) is 0 Å². The van der Waals surface area contributed by atoms with Gasteiger partial charge in [0.2, 0.25) is 17.7 Å². The Kier molecular flexibility index (Phi) is 12.1. The lowest BCUT2D eigenvalue weighted by Gasteiger charge is -2.23. The molecule has 0 saturated carbocycles. The van der Waals surface area contributed by atoms with Crippen LogP contribution in [-0.2, 0) is 24.0 Å². The average Bonchev–Trinajstić information content (AvgIpc) is 2.63. The van der Waals surface area contributed by atoms with Crippen molar-refractivity contribution in [1.82, 2.24) is 16.0 Å². The first-order chi connectivity index (χ1) is 13.5. The maximum atomic E-state index is 12.3. The molecule has 0 heterocycles. The van der Waals surface area contributed by atoms with Crippen LogP contribution in [0, 0.1) is 0 Å². The number of aliphatic carboxylic acids is 2. The van der Waals surface area contributed by atoms with Crippen molar-refractivity contribution in [3.8, 4) is 0 Å². The van der Waals surface area contributed by atoms with Gasteiger partial charge in [-0.25, -0.2) is 4.79 Å². The molecule has 13 nitrogen and oxygen atoms in total. The summed E-state index contributed by atoms with van der Waals surface area (Å²) in [5.41, 5.74) is 10.8. The molecule has 0 aromatic rings. The molecule has 0 rings (SSSR count). The molecule has 0 saturated heterocycles. The van der Waals surface area contributed by atoms with E-state index >= 15 is 0 Å². The predicted molar refractivity (Wildman–Crippen MR) is 99.3 cm³/mol. The minimum atomic E-state index is -1.54. The summed E-state index contributed by atoms with van der Waals surface area (Å²) >= 11 is 0. The third kappa shape index (κ3) is 10.4. The van der Waals surface area contributed by atoms with E-state index in [1.54, 1.807) is 0 Å². The van der Waals surface area contributed by atoms with Crippen LogP contribution in [0.2, 0.25) is 0 Å². The summed E-state index contributed by atoms with van der Waals surface area (Å²) in [5.74, 6) is -5.16. The maximum Gasteiger partial charge on any atom is 0.328 e. The smallest absolute Gasteiger partial charge is 0.328 e. The molecule has 0 bridgehead atoms. The van der Waals surface area contributed by atoms with E-state index in [0.29, 0.717) is 19.4 Å².